The third-order valence-corrected chi connectivity index (χ3v) is 10.7. The molecule has 0 amide bonds. The van der Waals surface area contributed by atoms with Gasteiger partial charge in [0.2, 0.25) is 0 Å². The molecule has 0 aromatic carbocycles. The van der Waals surface area contributed by atoms with E-state index in [4.69, 9.17) is 0 Å². The molecule has 46 heavy (non-hydrogen) atoms. The van der Waals surface area contributed by atoms with E-state index in [-0.39, 0.29) is 6.61 Å². The van der Waals surface area contributed by atoms with Gasteiger partial charge in [0, 0.05) is 0 Å². The molecule has 0 saturated heterocycles. The van der Waals surface area contributed by atoms with Crippen molar-refractivity contribution in [3.63, 3.8) is 0 Å². The molecule has 0 heterocycles. The van der Waals surface area contributed by atoms with Crippen molar-refractivity contribution in [1.29, 1.82) is 0 Å². The second-order valence-corrected chi connectivity index (χ2v) is 15.3. The van der Waals surface area contributed by atoms with Crippen molar-refractivity contribution in [2.75, 3.05) is 6.61 Å². The summed E-state index contributed by atoms with van der Waals surface area (Å²) in [5.41, 5.74) is -1.11. The lowest BCUT2D eigenvalue weighted by Gasteiger charge is -2.32. The summed E-state index contributed by atoms with van der Waals surface area (Å²) in [5, 5.41) is 31.1. The van der Waals surface area contributed by atoms with Gasteiger partial charge in [0.05, 0.1) is 12.2 Å². The molecule has 3 nitrogen and oxygen atoms in total. The van der Waals surface area contributed by atoms with Gasteiger partial charge in [-0.25, -0.2) is 0 Å². The third kappa shape index (κ3) is 32.4. The zero-order valence-electron chi connectivity index (χ0n) is 32.0. The number of hydrogen-bond acceptors (Lipinski definition) is 3. The first-order valence-electron chi connectivity index (χ1n) is 21.6. The second kappa shape index (κ2) is 37.7. The third-order valence-electron chi connectivity index (χ3n) is 10.7. The molecule has 0 aromatic heterocycles. The van der Waals surface area contributed by atoms with Gasteiger partial charge in [0.25, 0.3) is 0 Å². The van der Waals surface area contributed by atoms with E-state index in [0.717, 1.165) is 25.7 Å². The Balaban J connectivity index is 3.57. The molecule has 0 bridgehead atoms. The predicted molar refractivity (Wildman–Crippen MR) is 205 cm³/mol. The molecule has 3 heteroatoms. The average Bonchev–Trinajstić information content (AvgIpc) is 3.06. The lowest BCUT2D eigenvalue weighted by Crippen LogP contribution is -2.44. The van der Waals surface area contributed by atoms with Crippen LogP contribution in [0, 0.1) is 0 Å². The van der Waals surface area contributed by atoms with Gasteiger partial charge >= 0.3 is 0 Å². The summed E-state index contributed by atoms with van der Waals surface area (Å²) < 4.78 is 0. The number of aliphatic hydroxyl groups is 3. The summed E-state index contributed by atoms with van der Waals surface area (Å²) in [6, 6.07) is 0. The summed E-state index contributed by atoms with van der Waals surface area (Å²) in [5.74, 6) is 0. The minimum absolute atomic E-state index is 0.339. The number of hydrogen-bond donors (Lipinski definition) is 3. The van der Waals surface area contributed by atoms with E-state index in [1.54, 1.807) is 0 Å². The van der Waals surface area contributed by atoms with Crippen LogP contribution in [0.1, 0.15) is 258 Å². The van der Waals surface area contributed by atoms with Crippen LogP contribution < -0.4 is 0 Å². The first kappa shape index (κ1) is 45.9. The van der Waals surface area contributed by atoms with Crippen molar-refractivity contribution in [3.05, 3.63) is 0 Å². The fraction of sp³-hybridized carbons (Fsp3) is 1.00. The number of aliphatic hydroxyl groups excluding tert-OH is 2. The molecule has 0 radical (unpaired) electrons. The lowest BCUT2D eigenvalue weighted by atomic mass is 9.85. The van der Waals surface area contributed by atoms with Gasteiger partial charge in [0.1, 0.15) is 6.10 Å². The minimum Gasteiger partial charge on any atom is -0.394 e. The quantitative estimate of drug-likeness (QED) is 0.0577. The van der Waals surface area contributed by atoms with Crippen molar-refractivity contribution >= 4 is 0 Å². The summed E-state index contributed by atoms with van der Waals surface area (Å²) in [6.07, 6.45) is 48.9. The molecule has 1 atom stereocenters. The van der Waals surface area contributed by atoms with E-state index >= 15 is 0 Å². The van der Waals surface area contributed by atoms with Crippen LogP contribution in [0.2, 0.25) is 0 Å². The van der Waals surface area contributed by atoms with Crippen molar-refractivity contribution in [2.45, 2.75) is 270 Å². The van der Waals surface area contributed by atoms with Crippen LogP contribution in [0.25, 0.3) is 0 Å². The molecule has 278 valence electrons. The van der Waals surface area contributed by atoms with Gasteiger partial charge in [-0.05, 0) is 12.8 Å². The Labute approximate surface area is 290 Å². The van der Waals surface area contributed by atoms with Crippen LogP contribution in [0.5, 0.6) is 0 Å². The van der Waals surface area contributed by atoms with Crippen LogP contribution in [0.3, 0.4) is 0 Å². The Kier molecular flexibility index (Phi) is 37.6. The molecule has 1 unspecified atom stereocenters. The standard InChI is InChI=1S/C43H88O3/c1-3-5-7-9-11-13-15-17-19-21-23-25-27-29-31-33-35-37-39-43(46,42(45)41-44)40-38-36-34-32-30-28-26-24-22-20-18-16-14-12-10-8-6-4-2/h42,44-46H,3-41H2,1-2H3. The maximum atomic E-state index is 11.1. The first-order chi connectivity index (χ1) is 22.6. The van der Waals surface area contributed by atoms with E-state index in [2.05, 4.69) is 13.8 Å². The maximum Gasteiger partial charge on any atom is 0.106 e. The second-order valence-electron chi connectivity index (χ2n) is 15.3. The monoisotopic (exact) mass is 653 g/mol. The molecule has 0 rings (SSSR count). The summed E-state index contributed by atoms with van der Waals surface area (Å²) >= 11 is 0. The molecule has 0 aliphatic carbocycles. The SMILES string of the molecule is CCCCCCCCCCCCCCCCCCCCC(O)(CCCCCCCCCCCCCCCCCCCC)C(O)CO. The normalized spacial score (nSPS) is 12.7. The highest BCUT2D eigenvalue weighted by molar-refractivity contribution is 4.86. The molecule has 0 aliphatic heterocycles. The average molecular weight is 653 g/mol. The highest BCUT2D eigenvalue weighted by Gasteiger charge is 2.33. The molecular weight excluding hydrogens is 564 g/mol. The van der Waals surface area contributed by atoms with E-state index in [0.29, 0.717) is 12.8 Å². The number of unbranched alkanes of at least 4 members (excludes halogenated alkanes) is 34. The van der Waals surface area contributed by atoms with E-state index in [1.807, 2.05) is 0 Å². The molecule has 0 aromatic rings. The molecule has 0 saturated carbocycles. The Hall–Kier alpha value is -0.120. The van der Waals surface area contributed by atoms with Gasteiger partial charge in [-0.2, -0.15) is 0 Å². The van der Waals surface area contributed by atoms with Gasteiger partial charge in [-0.15, -0.1) is 0 Å². The smallest absolute Gasteiger partial charge is 0.106 e. The molecule has 0 spiro atoms. The highest BCUT2D eigenvalue weighted by Crippen LogP contribution is 2.27. The van der Waals surface area contributed by atoms with Gasteiger partial charge in [-0.1, -0.05) is 245 Å². The van der Waals surface area contributed by atoms with Crippen LogP contribution in [-0.4, -0.2) is 33.6 Å². The summed E-state index contributed by atoms with van der Waals surface area (Å²) in [6.45, 7) is 4.24. The van der Waals surface area contributed by atoms with Gasteiger partial charge in [-0.3, -0.25) is 0 Å². The molecule has 0 fully saturated rings. The van der Waals surface area contributed by atoms with Crippen LogP contribution >= 0.6 is 0 Å². The predicted octanol–water partition coefficient (Wildman–Crippen LogP) is 13.9. The lowest BCUT2D eigenvalue weighted by molar-refractivity contribution is -0.106. The van der Waals surface area contributed by atoms with Crippen LogP contribution in [0.4, 0.5) is 0 Å². The van der Waals surface area contributed by atoms with Gasteiger partial charge < -0.3 is 15.3 Å². The fourth-order valence-corrected chi connectivity index (χ4v) is 7.29. The Morgan fingerprint density at radius 3 is 0.674 bits per heavy atom. The first-order valence-corrected chi connectivity index (χ1v) is 21.6. The van der Waals surface area contributed by atoms with Crippen molar-refractivity contribution < 1.29 is 15.3 Å². The van der Waals surface area contributed by atoms with Crippen LogP contribution in [-0.2, 0) is 0 Å². The Bertz CT molecular complexity index is 510. The Morgan fingerprint density at radius 1 is 0.326 bits per heavy atom. The Morgan fingerprint density at radius 2 is 0.500 bits per heavy atom. The van der Waals surface area contributed by atoms with E-state index < -0.39 is 11.7 Å². The largest absolute Gasteiger partial charge is 0.394 e. The summed E-state index contributed by atoms with van der Waals surface area (Å²) in [4.78, 5) is 0. The van der Waals surface area contributed by atoms with E-state index in [9.17, 15) is 15.3 Å². The van der Waals surface area contributed by atoms with Crippen molar-refractivity contribution in [2.24, 2.45) is 0 Å². The highest BCUT2D eigenvalue weighted by atomic mass is 16.4. The zero-order chi connectivity index (χ0) is 33.7. The van der Waals surface area contributed by atoms with E-state index in [1.165, 1.54) is 205 Å². The number of rotatable bonds is 40. The maximum absolute atomic E-state index is 11.1. The zero-order valence-corrected chi connectivity index (χ0v) is 32.0. The van der Waals surface area contributed by atoms with Gasteiger partial charge in [0.15, 0.2) is 0 Å². The summed E-state index contributed by atoms with van der Waals surface area (Å²) in [7, 11) is 0. The minimum atomic E-state index is -1.11. The fourth-order valence-electron chi connectivity index (χ4n) is 7.29. The molecule has 3 N–H and O–H groups in total. The van der Waals surface area contributed by atoms with Crippen LogP contribution in [0.15, 0.2) is 0 Å². The van der Waals surface area contributed by atoms with Crippen molar-refractivity contribution in [3.8, 4) is 0 Å². The van der Waals surface area contributed by atoms with Crippen molar-refractivity contribution in [1.82, 2.24) is 0 Å². The molecule has 0 aliphatic rings. The molecular formula is C43H88O3. The topological polar surface area (TPSA) is 60.7 Å².